The number of rotatable bonds is 7. The highest BCUT2D eigenvalue weighted by Crippen LogP contribution is 2.52. The minimum atomic E-state index is -1.67. The van der Waals surface area contributed by atoms with Crippen molar-refractivity contribution in [2.45, 2.75) is 49.1 Å². The van der Waals surface area contributed by atoms with Gasteiger partial charge in [0.15, 0.2) is 0 Å². The normalized spacial score (nSPS) is 29.6. The van der Waals surface area contributed by atoms with Crippen LogP contribution in [-0.2, 0) is 19.1 Å². The van der Waals surface area contributed by atoms with Gasteiger partial charge in [-0.05, 0) is 18.2 Å². The highest BCUT2D eigenvalue weighted by atomic mass is 16.7. The summed E-state index contributed by atoms with van der Waals surface area (Å²) < 4.78 is 33.5. The third kappa shape index (κ3) is 4.88. The Morgan fingerprint density at radius 2 is 1.70 bits per heavy atom. The van der Waals surface area contributed by atoms with Crippen LogP contribution in [0.25, 0.3) is 0 Å². The van der Waals surface area contributed by atoms with Crippen molar-refractivity contribution in [3.05, 3.63) is 47.5 Å². The van der Waals surface area contributed by atoms with Crippen LogP contribution in [0, 0.1) is 0 Å². The van der Waals surface area contributed by atoms with E-state index in [1.165, 1.54) is 0 Å². The average molecular weight is 518 g/mol. The van der Waals surface area contributed by atoms with E-state index in [1.54, 1.807) is 25.3 Å². The van der Waals surface area contributed by atoms with Gasteiger partial charge in [-0.15, -0.1) is 0 Å². The fourth-order valence-corrected chi connectivity index (χ4v) is 4.65. The molecule has 7 unspecified atom stereocenters. The number of ether oxygens (including phenoxy) is 6. The number of fused-ring (bicyclic) bond motifs is 5. The number of esters is 1. The van der Waals surface area contributed by atoms with Crippen LogP contribution in [0.4, 0.5) is 0 Å². The largest absolute Gasteiger partial charge is 0.497 e. The molecule has 0 radical (unpaired) electrons. The van der Waals surface area contributed by atoms with Crippen molar-refractivity contribution in [3.63, 3.8) is 0 Å². The van der Waals surface area contributed by atoms with Crippen LogP contribution < -0.4 is 18.9 Å². The van der Waals surface area contributed by atoms with E-state index in [0.717, 1.165) is 16.9 Å². The Morgan fingerprint density at radius 1 is 0.973 bits per heavy atom. The molecule has 3 heterocycles. The molecule has 12 nitrogen and oxygen atoms in total. The fraction of sp³-hybridized carbons (Fsp3) is 0.440. The maximum Gasteiger partial charge on any atom is 0.317 e. The summed E-state index contributed by atoms with van der Waals surface area (Å²) in [6.45, 7) is -0.173. The van der Waals surface area contributed by atoms with Crippen molar-refractivity contribution >= 4 is 11.9 Å². The summed E-state index contributed by atoms with van der Waals surface area (Å²) in [5.74, 6) is -0.222. The average Bonchev–Trinajstić information content (AvgIpc) is 3.25. The zero-order valence-corrected chi connectivity index (χ0v) is 19.7. The molecular weight excluding hydrogens is 492 g/mol. The lowest BCUT2D eigenvalue weighted by Gasteiger charge is -2.40. The quantitative estimate of drug-likeness (QED) is 0.296. The summed E-state index contributed by atoms with van der Waals surface area (Å²) in [6, 6.07) is 10.7. The van der Waals surface area contributed by atoms with Crippen molar-refractivity contribution in [2.24, 2.45) is 0 Å². The summed E-state index contributed by atoms with van der Waals surface area (Å²) in [7, 11) is 1.59. The van der Waals surface area contributed by atoms with E-state index in [2.05, 4.69) is 0 Å². The first-order valence-corrected chi connectivity index (χ1v) is 11.6. The second-order valence-electron chi connectivity index (χ2n) is 8.95. The molecule has 12 heteroatoms. The van der Waals surface area contributed by atoms with Gasteiger partial charge < -0.3 is 48.8 Å². The molecule has 1 fully saturated rings. The maximum absolute atomic E-state index is 11.5. The van der Waals surface area contributed by atoms with Gasteiger partial charge in [0, 0.05) is 23.3 Å². The van der Waals surface area contributed by atoms with Gasteiger partial charge in [-0.25, -0.2) is 0 Å². The molecule has 0 saturated carbocycles. The Labute approximate surface area is 210 Å². The molecule has 3 aliphatic heterocycles. The minimum absolute atomic E-state index is 0.00454. The lowest BCUT2D eigenvalue weighted by Crippen LogP contribution is -2.60. The number of carbonyl (C=O) groups is 2. The van der Waals surface area contributed by atoms with E-state index in [-0.39, 0.29) is 17.8 Å². The molecule has 1 saturated heterocycles. The third-order valence-corrected chi connectivity index (χ3v) is 6.57. The number of aliphatic carboxylic acids is 1. The van der Waals surface area contributed by atoms with Gasteiger partial charge >= 0.3 is 11.9 Å². The summed E-state index contributed by atoms with van der Waals surface area (Å²) in [4.78, 5) is 22.2. The van der Waals surface area contributed by atoms with Crippen LogP contribution in [0.3, 0.4) is 0 Å². The van der Waals surface area contributed by atoms with Gasteiger partial charge in [0.05, 0.1) is 19.6 Å². The zero-order chi connectivity index (χ0) is 26.3. The number of aliphatic hydroxyl groups excluding tert-OH is 3. The van der Waals surface area contributed by atoms with Gasteiger partial charge in [-0.3, -0.25) is 9.59 Å². The van der Waals surface area contributed by atoms with E-state index in [0.29, 0.717) is 18.1 Å². The Hall–Kier alpha value is -3.58. The molecule has 7 atom stereocenters. The number of aliphatic hydroxyl groups is 3. The topological polar surface area (TPSA) is 170 Å². The maximum atomic E-state index is 11.5. The Kier molecular flexibility index (Phi) is 6.82. The van der Waals surface area contributed by atoms with Crippen LogP contribution in [0.5, 0.6) is 23.0 Å². The number of benzene rings is 2. The number of carbonyl (C=O) groups excluding carboxylic acids is 1. The summed E-state index contributed by atoms with van der Waals surface area (Å²) in [5.41, 5.74) is 1.83. The SMILES string of the molecule is COc1ccc2c(c1)OC1c3ccc(OC4OC(COC(=O)CC(=O)O)C(O)C(O)C4O)cc3OCC21. The highest BCUT2D eigenvalue weighted by molar-refractivity contribution is 5.90. The summed E-state index contributed by atoms with van der Waals surface area (Å²) >= 11 is 0. The molecule has 0 aromatic heterocycles. The van der Waals surface area contributed by atoms with E-state index in [4.69, 9.17) is 33.5 Å². The Balaban J connectivity index is 1.28. The van der Waals surface area contributed by atoms with E-state index in [1.807, 2.05) is 18.2 Å². The van der Waals surface area contributed by atoms with E-state index < -0.39 is 55.7 Å². The zero-order valence-electron chi connectivity index (χ0n) is 19.7. The van der Waals surface area contributed by atoms with Gasteiger partial charge in [-0.1, -0.05) is 6.07 Å². The second-order valence-corrected chi connectivity index (χ2v) is 8.95. The molecular formula is C25H26O12. The molecule has 5 rings (SSSR count). The monoisotopic (exact) mass is 518 g/mol. The molecule has 2 aromatic rings. The van der Waals surface area contributed by atoms with Gasteiger partial charge in [0.25, 0.3) is 0 Å². The van der Waals surface area contributed by atoms with Crippen LogP contribution in [0.15, 0.2) is 36.4 Å². The first-order valence-electron chi connectivity index (χ1n) is 11.6. The van der Waals surface area contributed by atoms with Gasteiger partial charge in [-0.2, -0.15) is 0 Å². The van der Waals surface area contributed by atoms with Crippen molar-refractivity contribution in [1.82, 2.24) is 0 Å². The molecule has 4 N–H and O–H groups in total. The summed E-state index contributed by atoms with van der Waals surface area (Å²) in [6.07, 6.45) is -8.71. The van der Waals surface area contributed by atoms with Gasteiger partial charge in [0.1, 0.15) is 66.5 Å². The first-order chi connectivity index (χ1) is 17.7. The number of carboxylic acid groups (broad SMARTS) is 1. The molecule has 37 heavy (non-hydrogen) atoms. The smallest absolute Gasteiger partial charge is 0.317 e. The van der Waals surface area contributed by atoms with Crippen molar-refractivity contribution in [3.8, 4) is 23.0 Å². The number of hydrogen-bond donors (Lipinski definition) is 4. The molecule has 0 bridgehead atoms. The molecule has 2 aromatic carbocycles. The van der Waals surface area contributed by atoms with Crippen LogP contribution in [-0.4, -0.2) is 83.4 Å². The molecule has 3 aliphatic rings. The minimum Gasteiger partial charge on any atom is -0.497 e. The number of methoxy groups -OCH3 is 1. The number of carboxylic acids is 1. The molecule has 0 spiro atoms. The van der Waals surface area contributed by atoms with Crippen LogP contribution in [0.2, 0.25) is 0 Å². The van der Waals surface area contributed by atoms with Crippen molar-refractivity contribution in [1.29, 1.82) is 0 Å². The van der Waals surface area contributed by atoms with Crippen LogP contribution in [0.1, 0.15) is 29.6 Å². The molecule has 198 valence electrons. The fourth-order valence-electron chi connectivity index (χ4n) is 4.65. The Morgan fingerprint density at radius 3 is 2.46 bits per heavy atom. The first kappa shape index (κ1) is 25.1. The molecule has 0 amide bonds. The third-order valence-electron chi connectivity index (χ3n) is 6.57. The Bertz CT molecular complexity index is 1180. The number of hydrogen-bond acceptors (Lipinski definition) is 11. The van der Waals surface area contributed by atoms with E-state index in [9.17, 15) is 24.9 Å². The van der Waals surface area contributed by atoms with Crippen molar-refractivity contribution in [2.75, 3.05) is 20.3 Å². The highest BCUT2D eigenvalue weighted by Gasteiger charge is 2.46. The predicted molar refractivity (Wildman–Crippen MR) is 122 cm³/mol. The lowest BCUT2D eigenvalue weighted by molar-refractivity contribution is -0.278. The molecule has 0 aliphatic carbocycles. The standard InChI is InChI=1S/C25H26O12/c1-32-11-2-4-13-15-9-33-16-7-12(3-5-14(16)24(15)36-17(13)6-11)35-25-23(31)22(30)21(29)18(37-25)10-34-20(28)8-19(26)27/h2-7,15,18,21-25,29-31H,8-10H2,1H3,(H,26,27). The second kappa shape index (κ2) is 10.1. The van der Waals surface area contributed by atoms with E-state index >= 15 is 0 Å². The lowest BCUT2D eigenvalue weighted by atomic mass is 9.89. The van der Waals surface area contributed by atoms with Crippen molar-refractivity contribution < 1.29 is 58.4 Å². The van der Waals surface area contributed by atoms with Gasteiger partial charge in [0.2, 0.25) is 6.29 Å². The summed E-state index contributed by atoms with van der Waals surface area (Å²) in [5, 5.41) is 39.5. The predicted octanol–water partition coefficient (Wildman–Crippen LogP) is 0.509. The van der Waals surface area contributed by atoms with Crippen LogP contribution >= 0.6 is 0 Å².